The van der Waals surface area contributed by atoms with E-state index < -0.39 is 11.7 Å². The zero-order valence-electron chi connectivity index (χ0n) is 19.1. The zero-order valence-corrected chi connectivity index (χ0v) is 19.1. The minimum atomic E-state index is -0.658. The Morgan fingerprint density at radius 3 is 2.63 bits per heavy atom. The Hall–Kier alpha value is -1.10. The first-order chi connectivity index (χ1) is 14.1. The maximum Gasteiger partial charge on any atom is 0.114 e. The molecule has 7 atom stereocenters. The molecule has 0 aliphatic heterocycles. The van der Waals surface area contributed by atoms with Gasteiger partial charge in [0, 0.05) is 18.6 Å². The first-order valence-electron chi connectivity index (χ1n) is 11.8. The fraction of sp³-hybridized carbons (Fsp3) is 0.769. The quantitative estimate of drug-likeness (QED) is 0.537. The smallest absolute Gasteiger partial charge is 0.114 e. The maximum atomic E-state index is 10.9. The van der Waals surface area contributed by atoms with E-state index in [0.29, 0.717) is 42.1 Å². The van der Waals surface area contributed by atoms with Gasteiger partial charge in [0.05, 0.1) is 11.7 Å². The van der Waals surface area contributed by atoms with Crippen molar-refractivity contribution < 1.29 is 20.1 Å². The molecular formula is C26H40O4. The summed E-state index contributed by atoms with van der Waals surface area (Å²) in [5.74, 6) is 2.44. The van der Waals surface area contributed by atoms with E-state index in [-0.39, 0.29) is 11.2 Å². The Balaban J connectivity index is 1.44. The van der Waals surface area contributed by atoms with Crippen molar-refractivity contribution >= 4 is 0 Å². The van der Waals surface area contributed by atoms with Gasteiger partial charge < -0.3 is 20.1 Å². The third-order valence-electron chi connectivity index (χ3n) is 9.13. The number of hydrogen-bond donors (Lipinski definition) is 3. The first-order valence-corrected chi connectivity index (χ1v) is 11.8. The van der Waals surface area contributed by atoms with Crippen molar-refractivity contribution in [1.82, 2.24) is 0 Å². The van der Waals surface area contributed by atoms with Gasteiger partial charge in [-0.15, -0.1) is 0 Å². The average molecular weight is 417 g/mol. The lowest BCUT2D eigenvalue weighted by Gasteiger charge is -2.56. The molecule has 30 heavy (non-hydrogen) atoms. The van der Waals surface area contributed by atoms with E-state index >= 15 is 0 Å². The molecule has 4 aliphatic rings. The van der Waals surface area contributed by atoms with Crippen molar-refractivity contribution in [2.75, 3.05) is 13.2 Å². The number of fused-ring (bicyclic) bond motifs is 5. The minimum Gasteiger partial charge on any atom is -0.508 e. The van der Waals surface area contributed by atoms with Crippen LogP contribution in [0.3, 0.4) is 0 Å². The second-order valence-electron chi connectivity index (χ2n) is 11.4. The molecule has 0 aromatic carbocycles. The van der Waals surface area contributed by atoms with Gasteiger partial charge in [-0.05, 0) is 99.2 Å². The second-order valence-corrected chi connectivity index (χ2v) is 11.4. The van der Waals surface area contributed by atoms with E-state index in [4.69, 9.17) is 4.74 Å². The Kier molecular flexibility index (Phi) is 5.74. The van der Waals surface area contributed by atoms with E-state index in [1.807, 2.05) is 19.9 Å². The molecule has 3 N–H and O–H groups in total. The molecule has 4 aliphatic carbocycles. The SMILES string of the molecule is CC(C)(O)CCOCC[C@H]1CCC2C3C=CC4=CC(O)=C[C@H](O)[C@]4(C)C3CC[C@@]21C. The van der Waals surface area contributed by atoms with Crippen LogP contribution in [0.2, 0.25) is 0 Å². The van der Waals surface area contributed by atoms with Gasteiger partial charge in [0.25, 0.3) is 0 Å². The summed E-state index contributed by atoms with van der Waals surface area (Å²) < 4.78 is 5.87. The van der Waals surface area contributed by atoms with Crippen LogP contribution in [-0.4, -0.2) is 40.2 Å². The molecule has 0 aromatic heterocycles. The first kappa shape index (κ1) is 22.1. The maximum absolute atomic E-state index is 10.9. The molecule has 168 valence electrons. The number of allylic oxidation sites excluding steroid dienone is 3. The summed E-state index contributed by atoms with van der Waals surface area (Å²) in [4.78, 5) is 0. The van der Waals surface area contributed by atoms with Crippen molar-refractivity contribution in [3.8, 4) is 0 Å². The fourth-order valence-corrected chi connectivity index (χ4v) is 7.14. The highest BCUT2D eigenvalue weighted by molar-refractivity contribution is 5.43. The van der Waals surface area contributed by atoms with Gasteiger partial charge in [-0.25, -0.2) is 0 Å². The molecule has 4 rings (SSSR count). The minimum absolute atomic E-state index is 0.184. The highest BCUT2D eigenvalue weighted by atomic mass is 16.5. The third-order valence-corrected chi connectivity index (χ3v) is 9.13. The monoisotopic (exact) mass is 416 g/mol. The van der Waals surface area contributed by atoms with Crippen LogP contribution in [-0.2, 0) is 4.74 Å². The molecule has 2 saturated carbocycles. The Bertz CT molecular complexity index is 745. The lowest BCUT2D eigenvalue weighted by Crippen LogP contribution is -2.52. The molecule has 0 saturated heterocycles. The van der Waals surface area contributed by atoms with E-state index in [1.54, 1.807) is 6.08 Å². The predicted octanol–water partition coefficient (Wildman–Crippen LogP) is 4.93. The molecule has 4 heteroatoms. The molecule has 2 fully saturated rings. The Morgan fingerprint density at radius 2 is 1.90 bits per heavy atom. The summed E-state index contributed by atoms with van der Waals surface area (Å²) in [5, 5.41) is 30.7. The second kappa shape index (κ2) is 7.79. The fourth-order valence-electron chi connectivity index (χ4n) is 7.14. The Labute approximate surface area is 181 Å². The average Bonchev–Trinajstić information content (AvgIpc) is 2.98. The van der Waals surface area contributed by atoms with Crippen LogP contribution in [0.5, 0.6) is 0 Å². The molecule has 0 bridgehead atoms. The summed E-state index contributed by atoms with van der Waals surface area (Å²) in [6, 6.07) is 0. The van der Waals surface area contributed by atoms with Crippen LogP contribution in [0, 0.1) is 34.5 Å². The van der Waals surface area contributed by atoms with Crippen molar-refractivity contribution in [1.29, 1.82) is 0 Å². The van der Waals surface area contributed by atoms with Crippen molar-refractivity contribution in [2.24, 2.45) is 34.5 Å². The molecule has 3 unspecified atom stereocenters. The van der Waals surface area contributed by atoms with Crippen LogP contribution in [0.25, 0.3) is 0 Å². The summed E-state index contributed by atoms with van der Waals surface area (Å²) in [6.45, 7) is 9.75. The van der Waals surface area contributed by atoms with E-state index in [1.165, 1.54) is 19.3 Å². The van der Waals surface area contributed by atoms with Crippen LogP contribution in [0.1, 0.15) is 66.2 Å². The molecule has 4 nitrogen and oxygen atoms in total. The number of aliphatic hydroxyl groups excluding tert-OH is 2. The van der Waals surface area contributed by atoms with Crippen molar-refractivity contribution in [3.05, 3.63) is 35.6 Å². The number of ether oxygens (including phenoxy) is 1. The van der Waals surface area contributed by atoms with Gasteiger partial charge in [0.2, 0.25) is 0 Å². The summed E-state index contributed by atoms with van der Waals surface area (Å²) in [5.41, 5.74) is 0.454. The van der Waals surface area contributed by atoms with E-state index in [2.05, 4.69) is 26.0 Å². The molecular weight excluding hydrogens is 376 g/mol. The van der Waals surface area contributed by atoms with Crippen LogP contribution in [0.4, 0.5) is 0 Å². The van der Waals surface area contributed by atoms with Crippen LogP contribution in [0.15, 0.2) is 35.6 Å². The zero-order chi connectivity index (χ0) is 21.7. The van der Waals surface area contributed by atoms with Gasteiger partial charge >= 0.3 is 0 Å². The Morgan fingerprint density at radius 1 is 1.13 bits per heavy atom. The van der Waals surface area contributed by atoms with E-state index in [0.717, 1.165) is 25.0 Å². The van der Waals surface area contributed by atoms with E-state index in [9.17, 15) is 15.3 Å². The van der Waals surface area contributed by atoms with Crippen molar-refractivity contribution in [3.63, 3.8) is 0 Å². The molecule has 0 spiro atoms. The molecule has 0 radical (unpaired) electrons. The molecule has 0 heterocycles. The third kappa shape index (κ3) is 3.69. The summed E-state index contributed by atoms with van der Waals surface area (Å²) >= 11 is 0. The highest BCUT2D eigenvalue weighted by Gasteiger charge is 2.59. The lowest BCUT2D eigenvalue weighted by molar-refractivity contribution is -0.0523. The lowest BCUT2D eigenvalue weighted by atomic mass is 9.48. The van der Waals surface area contributed by atoms with Gasteiger partial charge in [0.15, 0.2) is 0 Å². The van der Waals surface area contributed by atoms with Crippen LogP contribution >= 0.6 is 0 Å². The standard InChI is InChI=1S/C26H40O4/c1-24(2,29)12-14-30-13-10-17-6-8-21-20-7-5-18-15-19(27)16-23(28)26(18,4)22(20)9-11-25(17,21)3/h5,7,15-17,20-23,27-29H,6,8-14H2,1-4H3/t17-,20?,21?,22?,23+,25-,26+/m1/s1. The van der Waals surface area contributed by atoms with Gasteiger partial charge in [-0.2, -0.15) is 0 Å². The molecule has 0 aromatic rings. The number of rotatable bonds is 6. The van der Waals surface area contributed by atoms with Crippen LogP contribution < -0.4 is 0 Å². The van der Waals surface area contributed by atoms with Gasteiger partial charge in [0.1, 0.15) is 5.76 Å². The topological polar surface area (TPSA) is 69.9 Å². The largest absolute Gasteiger partial charge is 0.508 e. The molecule has 0 amide bonds. The van der Waals surface area contributed by atoms with Gasteiger partial charge in [-0.1, -0.05) is 26.0 Å². The number of aliphatic hydroxyl groups is 3. The van der Waals surface area contributed by atoms with Crippen molar-refractivity contribution in [2.45, 2.75) is 77.9 Å². The number of hydrogen-bond acceptors (Lipinski definition) is 4. The normalized spacial score (nSPS) is 42.8. The van der Waals surface area contributed by atoms with Gasteiger partial charge in [-0.3, -0.25) is 0 Å². The summed E-state index contributed by atoms with van der Waals surface area (Å²) in [6.07, 6.45) is 14.0. The highest BCUT2D eigenvalue weighted by Crippen LogP contribution is 2.65. The predicted molar refractivity (Wildman–Crippen MR) is 119 cm³/mol. The summed E-state index contributed by atoms with van der Waals surface area (Å²) in [7, 11) is 0.